The van der Waals surface area contributed by atoms with Gasteiger partial charge in [0.2, 0.25) is 12.7 Å². The van der Waals surface area contributed by atoms with Crippen LogP contribution in [0.5, 0.6) is 11.5 Å². The highest BCUT2D eigenvalue weighted by atomic mass is 32.2. The molecular weight excluding hydrogens is 308 g/mol. The summed E-state index contributed by atoms with van der Waals surface area (Å²) in [7, 11) is 0. The van der Waals surface area contributed by atoms with Gasteiger partial charge < -0.3 is 14.8 Å². The van der Waals surface area contributed by atoms with Gasteiger partial charge in [0, 0.05) is 22.8 Å². The third-order valence-corrected chi connectivity index (χ3v) is 5.07. The molecule has 0 bridgehead atoms. The first kappa shape index (κ1) is 14.2. The quantitative estimate of drug-likeness (QED) is 0.875. The van der Waals surface area contributed by atoms with Crippen LogP contribution in [0.25, 0.3) is 0 Å². The van der Waals surface area contributed by atoms with Gasteiger partial charge in [-0.15, -0.1) is 11.3 Å². The molecule has 7 heteroatoms. The topological polar surface area (TPSA) is 60.5 Å². The summed E-state index contributed by atoms with van der Waals surface area (Å²) < 4.78 is 11.4. The molecule has 1 N–H and O–H groups in total. The molecule has 0 fully saturated rings. The van der Waals surface area contributed by atoms with Gasteiger partial charge in [0.15, 0.2) is 15.8 Å². The normalized spacial score (nSPS) is 14.0. The molecule has 0 saturated carbocycles. The zero-order valence-electron chi connectivity index (χ0n) is 11.6. The Morgan fingerprint density at radius 3 is 3.00 bits per heavy atom. The lowest BCUT2D eigenvalue weighted by atomic mass is 10.2. The van der Waals surface area contributed by atoms with Gasteiger partial charge >= 0.3 is 0 Å². The molecule has 21 heavy (non-hydrogen) atoms. The molecule has 2 heterocycles. The number of hydrogen-bond donors (Lipinski definition) is 1. The summed E-state index contributed by atoms with van der Waals surface area (Å²) in [6, 6.07) is 5.36. The van der Waals surface area contributed by atoms with Crippen molar-refractivity contribution in [2.75, 3.05) is 12.1 Å². The maximum atomic E-state index is 12.2. The summed E-state index contributed by atoms with van der Waals surface area (Å²) in [5.41, 5.74) is 1.68. The predicted molar refractivity (Wildman–Crippen MR) is 83.4 cm³/mol. The van der Waals surface area contributed by atoms with E-state index >= 15 is 0 Å². The first-order valence-electron chi connectivity index (χ1n) is 6.41. The molecule has 1 atom stereocenters. The summed E-state index contributed by atoms with van der Waals surface area (Å²) in [4.78, 5) is 16.5. The molecule has 1 unspecified atom stereocenters. The molecule has 1 amide bonds. The van der Waals surface area contributed by atoms with Crippen LogP contribution >= 0.6 is 23.1 Å². The zero-order chi connectivity index (χ0) is 14.8. The fourth-order valence-corrected chi connectivity index (χ4v) is 3.79. The summed E-state index contributed by atoms with van der Waals surface area (Å²) in [5.74, 6) is 1.30. The number of aromatic nitrogens is 1. The van der Waals surface area contributed by atoms with E-state index < -0.39 is 0 Å². The number of carbonyl (C=O) groups is 1. The van der Waals surface area contributed by atoms with Crippen molar-refractivity contribution in [2.45, 2.75) is 23.4 Å². The Morgan fingerprint density at radius 1 is 1.43 bits per heavy atom. The predicted octanol–water partition coefficient (Wildman–Crippen LogP) is 3.30. The van der Waals surface area contributed by atoms with E-state index in [2.05, 4.69) is 10.3 Å². The summed E-state index contributed by atoms with van der Waals surface area (Å²) in [6.45, 7) is 4.03. The maximum absolute atomic E-state index is 12.2. The highest BCUT2D eigenvalue weighted by Gasteiger charge is 2.18. The van der Waals surface area contributed by atoms with Crippen LogP contribution in [-0.4, -0.2) is 22.9 Å². The van der Waals surface area contributed by atoms with Gasteiger partial charge in [-0.1, -0.05) is 11.8 Å². The number of benzene rings is 1. The Bertz CT molecular complexity index is 672. The van der Waals surface area contributed by atoms with Crippen LogP contribution in [0.2, 0.25) is 0 Å². The van der Waals surface area contributed by atoms with Crippen LogP contribution in [0.4, 0.5) is 5.69 Å². The van der Waals surface area contributed by atoms with Crippen LogP contribution in [-0.2, 0) is 4.79 Å². The number of fused-ring (bicyclic) bond motifs is 1. The highest BCUT2D eigenvalue weighted by Crippen LogP contribution is 2.34. The second-order valence-electron chi connectivity index (χ2n) is 4.57. The molecule has 3 rings (SSSR count). The number of amides is 1. The van der Waals surface area contributed by atoms with Crippen molar-refractivity contribution in [3.05, 3.63) is 29.3 Å². The first-order chi connectivity index (χ1) is 10.1. The molecule has 1 aliphatic rings. The van der Waals surface area contributed by atoms with Gasteiger partial charge in [-0.2, -0.15) is 0 Å². The van der Waals surface area contributed by atoms with E-state index in [1.165, 1.54) is 11.8 Å². The number of thiazole rings is 1. The van der Waals surface area contributed by atoms with Crippen molar-refractivity contribution < 1.29 is 14.3 Å². The second-order valence-corrected chi connectivity index (χ2v) is 7.02. The fourth-order valence-electron chi connectivity index (χ4n) is 1.81. The number of nitrogens with zero attached hydrogens (tertiary/aromatic N) is 1. The van der Waals surface area contributed by atoms with Crippen LogP contribution in [0.1, 0.15) is 12.6 Å². The molecule has 1 aromatic heterocycles. The van der Waals surface area contributed by atoms with Crippen LogP contribution < -0.4 is 14.8 Å². The summed E-state index contributed by atoms with van der Waals surface area (Å²) in [6.07, 6.45) is 0. The van der Waals surface area contributed by atoms with E-state index in [0.29, 0.717) is 17.2 Å². The fraction of sp³-hybridized carbons (Fsp3) is 0.286. The van der Waals surface area contributed by atoms with E-state index in [9.17, 15) is 4.79 Å². The largest absolute Gasteiger partial charge is 0.454 e. The van der Waals surface area contributed by atoms with Gasteiger partial charge in [0.25, 0.3) is 0 Å². The first-order valence-corrected chi connectivity index (χ1v) is 8.17. The van der Waals surface area contributed by atoms with Crippen LogP contribution in [0, 0.1) is 6.92 Å². The smallest absolute Gasteiger partial charge is 0.237 e. The highest BCUT2D eigenvalue weighted by molar-refractivity contribution is 8.02. The average molecular weight is 322 g/mol. The van der Waals surface area contributed by atoms with Gasteiger partial charge in [-0.25, -0.2) is 4.98 Å². The van der Waals surface area contributed by atoms with Crippen molar-refractivity contribution in [2.24, 2.45) is 0 Å². The van der Waals surface area contributed by atoms with Crippen molar-refractivity contribution >= 4 is 34.7 Å². The molecule has 0 saturated heterocycles. The number of rotatable bonds is 4. The molecule has 5 nitrogen and oxygen atoms in total. The van der Waals surface area contributed by atoms with Crippen molar-refractivity contribution in [3.63, 3.8) is 0 Å². The maximum Gasteiger partial charge on any atom is 0.237 e. The molecular formula is C14H14N2O3S2. The molecule has 110 valence electrons. The van der Waals surface area contributed by atoms with Crippen LogP contribution in [0.3, 0.4) is 0 Å². The van der Waals surface area contributed by atoms with E-state index in [4.69, 9.17) is 9.47 Å². The lowest BCUT2D eigenvalue weighted by Gasteiger charge is -2.10. The number of carbonyl (C=O) groups excluding carboxylic acids is 1. The summed E-state index contributed by atoms with van der Waals surface area (Å²) in [5, 5.41) is 4.64. The number of aryl methyl sites for hydroxylation is 1. The lowest BCUT2D eigenvalue weighted by molar-refractivity contribution is -0.115. The molecule has 1 aromatic carbocycles. The van der Waals surface area contributed by atoms with Gasteiger partial charge in [0.05, 0.1) is 5.25 Å². The number of hydrogen-bond acceptors (Lipinski definition) is 6. The SMILES string of the molecule is Cc1csc(SC(C)C(=O)Nc2ccc3c(c2)OCO3)n1. The molecule has 0 spiro atoms. The molecule has 2 aromatic rings. The number of ether oxygens (including phenoxy) is 2. The Hall–Kier alpha value is -1.73. The Balaban J connectivity index is 1.63. The van der Waals surface area contributed by atoms with Crippen molar-refractivity contribution in [1.29, 1.82) is 0 Å². The Kier molecular flexibility index (Phi) is 4.03. The third-order valence-electron chi connectivity index (χ3n) is 2.88. The Labute approximate surface area is 130 Å². The third kappa shape index (κ3) is 3.30. The standard InChI is InChI=1S/C14H14N2O3S2/c1-8-6-20-14(15-8)21-9(2)13(17)16-10-3-4-11-12(5-10)19-7-18-11/h3-6,9H,7H2,1-2H3,(H,16,17). The summed E-state index contributed by atoms with van der Waals surface area (Å²) >= 11 is 3.01. The zero-order valence-corrected chi connectivity index (χ0v) is 13.2. The minimum atomic E-state index is -0.221. The number of anilines is 1. The molecule has 0 aliphatic carbocycles. The lowest BCUT2D eigenvalue weighted by Crippen LogP contribution is -2.22. The van der Waals surface area contributed by atoms with Gasteiger partial charge in [0.1, 0.15) is 0 Å². The molecule has 1 aliphatic heterocycles. The average Bonchev–Trinajstić information content (AvgIpc) is 3.07. The van der Waals surface area contributed by atoms with Gasteiger partial charge in [-0.3, -0.25) is 4.79 Å². The van der Waals surface area contributed by atoms with E-state index in [0.717, 1.165) is 10.0 Å². The Morgan fingerprint density at radius 2 is 2.24 bits per heavy atom. The monoisotopic (exact) mass is 322 g/mol. The number of thioether (sulfide) groups is 1. The minimum absolute atomic E-state index is 0.0632. The van der Waals surface area contributed by atoms with E-state index in [1.54, 1.807) is 29.5 Å². The van der Waals surface area contributed by atoms with E-state index in [-0.39, 0.29) is 18.0 Å². The van der Waals surface area contributed by atoms with Crippen LogP contribution in [0.15, 0.2) is 27.9 Å². The van der Waals surface area contributed by atoms with Crippen molar-refractivity contribution in [3.8, 4) is 11.5 Å². The van der Waals surface area contributed by atoms with E-state index in [1.807, 2.05) is 19.2 Å². The van der Waals surface area contributed by atoms with Crippen molar-refractivity contribution in [1.82, 2.24) is 4.98 Å². The number of nitrogens with one attached hydrogen (secondary N) is 1. The molecule has 0 radical (unpaired) electrons. The second kappa shape index (κ2) is 5.95. The van der Waals surface area contributed by atoms with Gasteiger partial charge in [-0.05, 0) is 26.0 Å². The minimum Gasteiger partial charge on any atom is -0.454 e.